The van der Waals surface area contributed by atoms with E-state index in [9.17, 15) is 31.5 Å². The Labute approximate surface area is 239 Å². The maximum Gasteiger partial charge on any atom is 0.392 e. The molecule has 0 radical (unpaired) electrons. The highest BCUT2D eigenvalue weighted by atomic mass is 19.4. The van der Waals surface area contributed by atoms with Crippen LogP contribution >= 0.6 is 0 Å². The van der Waals surface area contributed by atoms with Gasteiger partial charge in [-0.15, -0.1) is 0 Å². The van der Waals surface area contributed by atoms with E-state index in [1.807, 2.05) is 0 Å². The molecule has 2 aliphatic carbocycles. The number of carbonyl (C=O) groups is 2. The van der Waals surface area contributed by atoms with Gasteiger partial charge in [-0.2, -0.15) is 23.4 Å². The van der Waals surface area contributed by atoms with Crippen LogP contribution < -0.4 is 10.6 Å². The Hall–Kier alpha value is -3.58. The van der Waals surface area contributed by atoms with Gasteiger partial charge in [0.1, 0.15) is 5.69 Å². The van der Waals surface area contributed by atoms with Gasteiger partial charge in [-0.05, 0) is 55.2 Å². The fraction of sp³-hybridized carbons (Fsp3) is 0.607. The van der Waals surface area contributed by atoms with E-state index in [1.54, 1.807) is 31.6 Å². The highest BCUT2D eigenvalue weighted by molar-refractivity contribution is 5.92. The SMILES string of the molecule is C[C@@H](CC(=O)N[C@@H](c1cnn2cc([C@@H](NC(=O)c3ccnn3C)C3CCC(F)(F)CC3)nc2c1)C1CCC1)C(F)(F)F. The van der Waals surface area contributed by atoms with Gasteiger partial charge < -0.3 is 10.6 Å². The molecule has 0 spiro atoms. The van der Waals surface area contributed by atoms with Gasteiger partial charge in [-0.1, -0.05) is 13.3 Å². The predicted octanol–water partition coefficient (Wildman–Crippen LogP) is 5.31. The van der Waals surface area contributed by atoms with Crippen molar-refractivity contribution < 1.29 is 31.5 Å². The zero-order chi connectivity index (χ0) is 30.2. The molecule has 0 bridgehead atoms. The van der Waals surface area contributed by atoms with Crippen LogP contribution in [-0.4, -0.2) is 48.3 Å². The first kappa shape index (κ1) is 29.9. The van der Waals surface area contributed by atoms with Crippen LogP contribution in [0.2, 0.25) is 0 Å². The van der Waals surface area contributed by atoms with Crippen molar-refractivity contribution in [1.82, 2.24) is 35.0 Å². The van der Waals surface area contributed by atoms with Gasteiger partial charge in [0.15, 0.2) is 5.65 Å². The third-order valence-corrected chi connectivity index (χ3v) is 8.60. The van der Waals surface area contributed by atoms with Crippen LogP contribution in [0.4, 0.5) is 22.0 Å². The lowest BCUT2D eigenvalue weighted by Gasteiger charge is -2.34. The largest absolute Gasteiger partial charge is 0.392 e. The number of imidazole rings is 1. The molecule has 2 saturated carbocycles. The van der Waals surface area contributed by atoms with E-state index in [0.29, 0.717) is 22.6 Å². The van der Waals surface area contributed by atoms with E-state index in [2.05, 4.69) is 20.8 Å². The van der Waals surface area contributed by atoms with Gasteiger partial charge in [0.2, 0.25) is 11.8 Å². The molecule has 14 heteroatoms. The van der Waals surface area contributed by atoms with Crippen LogP contribution in [0.5, 0.6) is 0 Å². The van der Waals surface area contributed by atoms with Gasteiger partial charge >= 0.3 is 6.18 Å². The molecule has 0 saturated heterocycles. The number of aryl methyl sites for hydroxylation is 1. The summed E-state index contributed by atoms with van der Waals surface area (Å²) in [5, 5.41) is 14.2. The molecule has 5 rings (SSSR count). The van der Waals surface area contributed by atoms with Gasteiger partial charge in [0, 0.05) is 32.5 Å². The first-order valence-corrected chi connectivity index (χ1v) is 14.2. The average Bonchev–Trinajstić information content (AvgIpc) is 3.51. The van der Waals surface area contributed by atoms with Crippen molar-refractivity contribution in [3.63, 3.8) is 0 Å². The third kappa shape index (κ3) is 6.57. The van der Waals surface area contributed by atoms with Gasteiger partial charge in [-0.25, -0.2) is 18.3 Å². The van der Waals surface area contributed by atoms with Crippen molar-refractivity contribution >= 4 is 17.5 Å². The number of amides is 2. The van der Waals surface area contributed by atoms with Gasteiger partial charge in [0.25, 0.3) is 5.91 Å². The van der Waals surface area contributed by atoms with E-state index in [4.69, 9.17) is 4.98 Å². The monoisotopic (exact) mass is 595 g/mol. The molecule has 3 heterocycles. The van der Waals surface area contributed by atoms with Crippen molar-refractivity contribution in [2.75, 3.05) is 0 Å². The zero-order valence-electron chi connectivity index (χ0n) is 23.4. The lowest BCUT2D eigenvalue weighted by Crippen LogP contribution is -2.38. The number of nitrogens with one attached hydrogen (secondary N) is 2. The molecule has 2 amide bonds. The summed E-state index contributed by atoms with van der Waals surface area (Å²) < 4.78 is 70.0. The van der Waals surface area contributed by atoms with Crippen LogP contribution in [0.3, 0.4) is 0 Å². The predicted molar refractivity (Wildman–Crippen MR) is 141 cm³/mol. The molecule has 2 fully saturated rings. The number of alkyl halides is 5. The summed E-state index contributed by atoms with van der Waals surface area (Å²) in [6, 6.07) is 2.09. The molecular weight excluding hydrogens is 561 g/mol. The molecule has 3 atom stereocenters. The number of carbonyl (C=O) groups excluding carboxylic acids is 2. The van der Waals surface area contributed by atoms with Crippen LogP contribution in [0.25, 0.3) is 5.65 Å². The lowest BCUT2D eigenvalue weighted by molar-refractivity contribution is -0.174. The van der Waals surface area contributed by atoms with Crippen LogP contribution in [-0.2, 0) is 11.8 Å². The van der Waals surface area contributed by atoms with Crippen molar-refractivity contribution in [3.05, 3.63) is 47.7 Å². The quantitative estimate of drug-likeness (QED) is 0.327. The number of hydrogen-bond acceptors (Lipinski definition) is 5. The van der Waals surface area contributed by atoms with Crippen LogP contribution in [0.15, 0.2) is 30.7 Å². The fourth-order valence-electron chi connectivity index (χ4n) is 5.74. The van der Waals surface area contributed by atoms with Gasteiger partial charge in [0.05, 0.1) is 36.1 Å². The molecule has 2 aliphatic rings. The second-order valence-electron chi connectivity index (χ2n) is 11.6. The lowest BCUT2D eigenvalue weighted by atomic mass is 9.77. The average molecular weight is 596 g/mol. The fourth-order valence-corrected chi connectivity index (χ4v) is 5.74. The van der Waals surface area contributed by atoms with E-state index >= 15 is 0 Å². The van der Waals surface area contributed by atoms with E-state index in [-0.39, 0.29) is 37.5 Å². The summed E-state index contributed by atoms with van der Waals surface area (Å²) in [4.78, 5) is 30.4. The Morgan fingerprint density at radius 3 is 2.36 bits per heavy atom. The molecule has 0 aromatic carbocycles. The van der Waals surface area contributed by atoms with Crippen molar-refractivity contribution in [2.45, 2.75) is 82.5 Å². The first-order valence-electron chi connectivity index (χ1n) is 14.2. The molecular formula is C28H34F5N7O2. The second-order valence-corrected chi connectivity index (χ2v) is 11.6. The van der Waals surface area contributed by atoms with Gasteiger partial charge in [-0.3, -0.25) is 14.3 Å². The Morgan fingerprint density at radius 2 is 1.76 bits per heavy atom. The molecule has 0 aliphatic heterocycles. The zero-order valence-corrected chi connectivity index (χ0v) is 23.4. The Balaban J connectivity index is 1.41. The topological polar surface area (TPSA) is 106 Å². The molecule has 0 unspecified atom stereocenters. The molecule has 42 heavy (non-hydrogen) atoms. The minimum Gasteiger partial charge on any atom is -0.349 e. The van der Waals surface area contributed by atoms with E-state index < -0.39 is 48.3 Å². The standard InChI is InChI=1S/C28H34F5N7O2/c1-16(28(31,32)33)12-23(41)37-24(17-4-3-5-17)19-13-22-36-20(15-40(22)35-14-19)25(18-6-9-27(29,30)10-7-18)38-26(42)21-8-11-34-39(21)2/h8,11,13-18,24-25H,3-7,9-10,12H2,1-2H3,(H,37,41)(H,38,42)/t16-,24+,25-/m0/s1. The Kier molecular flexibility index (Phi) is 8.26. The second kappa shape index (κ2) is 11.6. The van der Waals surface area contributed by atoms with Crippen molar-refractivity contribution in [2.24, 2.45) is 24.8 Å². The normalized spacial score (nSPS) is 20.1. The summed E-state index contributed by atoms with van der Waals surface area (Å²) in [7, 11) is 1.63. The smallest absolute Gasteiger partial charge is 0.349 e. The number of halogens is 5. The molecule has 228 valence electrons. The highest BCUT2D eigenvalue weighted by Crippen LogP contribution is 2.42. The summed E-state index contributed by atoms with van der Waals surface area (Å²) in [5.74, 6) is -5.85. The molecule has 3 aromatic heterocycles. The van der Waals surface area contributed by atoms with E-state index in [0.717, 1.165) is 26.2 Å². The highest BCUT2D eigenvalue weighted by Gasteiger charge is 2.40. The number of aromatic nitrogens is 5. The van der Waals surface area contributed by atoms with E-state index in [1.165, 1.54) is 15.4 Å². The summed E-state index contributed by atoms with van der Waals surface area (Å²) in [6.45, 7) is 0.981. The minimum atomic E-state index is -4.47. The first-order chi connectivity index (χ1) is 19.8. The number of rotatable bonds is 9. The van der Waals surface area contributed by atoms with Crippen molar-refractivity contribution in [1.29, 1.82) is 0 Å². The summed E-state index contributed by atoms with van der Waals surface area (Å²) >= 11 is 0. The number of hydrogen-bond donors (Lipinski definition) is 2. The Bertz CT molecular complexity index is 1420. The molecule has 3 aromatic rings. The maximum absolute atomic E-state index is 14.0. The third-order valence-electron chi connectivity index (χ3n) is 8.60. The Morgan fingerprint density at radius 1 is 1.07 bits per heavy atom. The summed E-state index contributed by atoms with van der Waals surface area (Å²) in [6.07, 6.45) is 1.95. The summed E-state index contributed by atoms with van der Waals surface area (Å²) in [5.41, 5.74) is 1.79. The van der Waals surface area contributed by atoms with Crippen LogP contribution in [0.1, 0.15) is 92.1 Å². The molecule has 2 N–H and O–H groups in total. The van der Waals surface area contributed by atoms with Crippen molar-refractivity contribution in [3.8, 4) is 0 Å². The number of fused-ring (bicyclic) bond motifs is 1. The minimum absolute atomic E-state index is 0.0589. The maximum atomic E-state index is 14.0. The molecule has 9 nitrogen and oxygen atoms in total. The number of nitrogens with zero attached hydrogens (tertiary/aromatic N) is 5. The van der Waals surface area contributed by atoms with Crippen LogP contribution in [0, 0.1) is 17.8 Å².